The van der Waals surface area contributed by atoms with Crippen LogP contribution in [0.4, 0.5) is 0 Å². The standard InChI is InChI=1S/C24H17Cl2N3O3/c1-14(27-28-23(31)17-12-11-15(25)13-19(17)26)21-22(30)18-9-5-6-10-20(18)29(24(21)32)16-7-3-2-4-8-16/h2-13,30H,1H3,(H,28,31). The lowest BCUT2D eigenvalue weighted by molar-refractivity contribution is 0.0955. The highest BCUT2D eigenvalue weighted by Crippen LogP contribution is 2.28. The molecule has 6 nitrogen and oxygen atoms in total. The van der Waals surface area contributed by atoms with Crippen molar-refractivity contribution in [2.75, 3.05) is 0 Å². The number of hydrogen-bond donors (Lipinski definition) is 2. The third-order valence-corrected chi connectivity index (χ3v) is 5.48. The van der Waals surface area contributed by atoms with E-state index in [9.17, 15) is 14.7 Å². The van der Waals surface area contributed by atoms with Gasteiger partial charge in [0, 0.05) is 16.1 Å². The molecule has 8 heteroatoms. The predicted molar refractivity (Wildman–Crippen MR) is 127 cm³/mol. The van der Waals surface area contributed by atoms with Crippen LogP contribution in [0, 0.1) is 0 Å². The summed E-state index contributed by atoms with van der Waals surface area (Å²) in [5, 5.41) is 16.0. The van der Waals surface area contributed by atoms with E-state index >= 15 is 0 Å². The van der Waals surface area contributed by atoms with Gasteiger partial charge in [0.15, 0.2) is 0 Å². The third kappa shape index (κ3) is 3.98. The van der Waals surface area contributed by atoms with Crippen LogP contribution >= 0.6 is 23.2 Å². The van der Waals surface area contributed by atoms with Crippen LogP contribution in [0.15, 0.2) is 82.7 Å². The van der Waals surface area contributed by atoms with Gasteiger partial charge in [-0.2, -0.15) is 5.10 Å². The number of fused-ring (bicyclic) bond motifs is 1. The van der Waals surface area contributed by atoms with Gasteiger partial charge in [0.1, 0.15) is 11.3 Å². The highest BCUT2D eigenvalue weighted by molar-refractivity contribution is 6.36. The topological polar surface area (TPSA) is 83.7 Å². The molecule has 160 valence electrons. The van der Waals surface area contributed by atoms with Crippen LogP contribution in [0.1, 0.15) is 22.8 Å². The number of pyridine rings is 1. The maximum atomic E-state index is 13.4. The molecule has 0 atom stereocenters. The average Bonchev–Trinajstić information content (AvgIpc) is 2.78. The van der Waals surface area contributed by atoms with Crippen molar-refractivity contribution in [3.63, 3.8) is 0 Å². The van der Waals surface area contributed by atoms with Gasteiger partial charge in [0.2, 0.25) is 0 Å². The minimum atomic E-state index is -0.574. The van der Waals surface area contributed by atoms with Gasteiger partial charge in [-0.3, -0.25) is 14.2 Å². The van der Waals surface area contributed by atoms with Crippen LogP contribution in [-0.2, 0) is 0 Å². The summed E-state index contributed by atoms with van der Waals surface area (Å²) in [4.78, 5) is 25.9. The second kappa shape index (κ2) is 8.86. The maximum Gasteiger partial charge on any atom is 0.272 e. The van der Waals surface area contributed by atoms with Gasteiger partial charge in [-0.1, -0.05) is 53.5 Å². The van der Waals surface area contributed by atoms with E-state index < -0.39 is 11.5 Å². The molecule has 0 saturated heterocycles. The molecule has 1 heterocycles. The zero-order valence-corrected chi connectivity index (χ0v) is 18.4. The number of benzene rings is 3. The normalized spacial score (nSPS) is 11.5. The number of rotatable bonds is 4. The number of nitrogens with zero attached hydrogens (tertiary/aromatic N) is 2. The zero-order valence-electron chi connectivity index (χ0n) is 16.8. The minimum Gasteiger partial charge on any atom is -0.506 e. The van der Waals surface area contributed by atoms with Crippen molar-refractivity contribution in [2.45, 2.75) is 6.92 Å². The lowest BCUT2D eigenvalue weighted by Gasteiger charge is -2.15. The first-order chi connectivity index (χ1) is 15.4. The molecule has 1 aromatic heterocycles. The Hall–Kier alpha value is -3.61. The maximum absolute atomic E-state index is 13.4. The number of hydrazone groups is 1. The molecule has 3 aromatic carbocycles. The van der Waals surface area contributed by atoms with Gasteiger partial charge in [0.05, 0.1) is 21.8 Å². The van der Waals surface area contributed by atoms with Crippen molar-refractivity contribution in [1.82, 2.24) is 9.99 Å². The molecule has 0 aliphatic carbocycles. The number of para-hydroxylation sites is 2. The van der Waals surface area contributed by atoms with E-state index in [2.05, 4.69) is 10.5 Å². The summed E-state index contributed by atoms with van der Waals surface area (Å²) in [6.07, 6.45) is 0. The number of halogens is 2. The first kappa shape index (κ1) is 21.6. The van der Waals surface area contributed by atoms with E-state index in [0.717, 1.165) is 0 Å². The number of aromatic hydroxyl groups is 1. The number of carbonyl (C=O) groups excluding carboxylic acids is 1. The van der Waals surface area contributed by atoms with Crippen molar-refractivity contribution in [3.8, 4) is 11.4 Å². The second-order valence-corrected chi connectivity index (χ2v) is 7.82. The Morgan fingerprint density at radius 3 is 2.41 bits per heavy atom. The van der Waals surface area contributed by atoms with Crippen LogP contribution < -0.4 is 11.0 Å². The Kier molecular flexibility index (Phi) is 5.99. The van der Waals surface area contributed by atoms with Crippen LogP contribution in [0.3, 0.4) is 0 Å². The molecule has 32 heavy (non-hydrogen) atoms. The fourth-order valence-electron chi connectivity index (χ4n) is 3.41. The molecule has 0 aliphatic heterocycles. The molecule has 2 N–H and O–H groups in total. The molecule has 0 radical (unpaired) electrons. The van der Waals surface area contributed by atoms with Gasteiger partial charge >= 0.3 is 0 Å². The number of aromatic nitrogens is 1. The molecule has 4 aromatic rings. The lowest BCUT2D eigenvalue weighted by atomic mass is 10.1. The van der Waals surface area contributed by atoms with Crippen LogP contribution in [0.2, 0.25) is 10.0 Å². The molecule has 1 amide bonds. The molecule has 0 unspecified atom stereocenters. The van der Waals surface area contributed by atoms with E-state index in [1.807, 2.05) is 18.2 Å². The minimum absolute atomic E-state index is 0.0185. The van der Waals surface area contributed by atoms with Crippen molar-refractivity contribution in [3.05, 3.63) is 104 Å². The van der Waals surface area contributed by atoms with Gasteiger partial charge in [0.25, 0.3) is 11.5 Å². The monoisotopic (exact) mass is 465 g/mol. The second-order valence-electron chi connectivity index (χ2n) is 6.98. The van der Waals surface area contributed by atoms with E-state index in [1.165, 1.54) is 29.7 Å². The van der Waals surface area contributed by atoms with E-state index in [0.29, 0.717) is 21.6 Å². The Morgan fingerprint density at radius 2 is 1.69 bits per heavy atom. The Morgan fingerprint density at radius 1 is 1.00 bits per heavy atom. The largest absolute Gasteiger partial charge is 0.506 e. The molecule has 0 spiro atoms. The number of hydrogen-bond acceptors (Lipinski definition) is 4. The number of nitrogens with one attached hydrogen (secondary N) is 1. The molecule has 0 fully saturated rings. The van der Waals surface area contributed by atoms with Crippen molar-refractivity contribution >= 4 is 45.7 Å². The Balaban J connectivity index is 1.82. The summed E-state index contributed by atoms with van der Waals surface area (Å²) >= 11 is 11.9. The Bertz CT molecular complexity index is 1430. The van der Waals surface area contributed by atoms with Crippen LogP contribution in [-0.4, -0.2) is 21.3 Å². The summed E-state index contributed by atoms with van der Waals surface area (Å²) in [5.74, 6) is -0.785. The van der Waals surface area contributed by atoms with Gasteiger partial charge in [-0.15, -0.1) is 0 Å². The van der Waals surface area contributed by atoms with Crippen molar-refractivity contribution in [2.24, 2.45) is 5.10 Å². The van der Waals surface area contributed by atoms with Crippen LogP contribution in [0.25, 0.3) is 16.6 Å². The molecule has 0 aliphatic rings. The summed E-state index contributed by atoms with van der Waals surface area (Å²) in [5.41, 5.74) is 3.40. The van der Waals surface area contributed by atoms with Crippen molar-refractivity contribution in [1.29, 1.82) is 0 Å². The summed E-state index contributed by atoms with van der Waals surface area (Å²) in [7, 11) is 0. The first-order valence-corrected chi connectivity index (χ1v) is 10.4. The highest BCUT2D eigenvalue weighted by Gasteiger charge is 2.20. The van der Waals surface area contributed by atoms with Gasteiger partial charge in [-0.05, 0) is 49.4 Å². The average molecular weight is 466 g/mol. The molecular weight excluding hydrogens is 449 g/mol. The molecule has 0 saturated carbocycles. The Labute approximate surface area is 193 Å². The summed E-state index contributed by atoms with van der Waals surface area (Å²) in [6, 6.07) is 20.6. The molecule has 4 rings (SSSR count). The highest BCUT2D eigenvalue weighted by atomic mass is 35.5. The van der Waals surface area contributed by atoms with Gasteiger partial charge in [-0.25, -0.2) is 5.43 Å². The summed E-state index contributed by atoms with van der Waals surface area (Å²) < 4.78 is 1.50. The first-order valence-electron chi connectivity index (χ1n) is 9.60. The smallest absolute Gasteiger partial charge is 0.272 e. The van der Waals surface area contributed by atoms with E-state index in [1.54, 1.807) is 36.4 Å². The van der Waals surface area contributed by atoms with Crippen molar-refractivity contribution < 1.29 is 9.90 Å². The molecular formula is C24H17Cl2N3O3. The SMILES string of the molecule is CC(=NNC(=O)c1ccc(Cl)cc1Cl)c1c(O)c2ccccc2n(-c2ccccc2)c1=O. The van der Waals surface area contributed by atoms with E-state index in [4.69, 9.17) is 23.2 Å². The number of carbonyl (C=O) groups is 1. The zero-order chi connectivity index (χ0) is 22.8. The molecule has 0 bridgehead atoms. The fourth-order valence-corrected chi connectivity index (χ4v) is 3.90. The predicted octanol–water partition coefficient (Wildman–Crippen LogP) is 5.16. The quantitative estimate of drug-likeness (QED) is 0.322. The fraction of sp³-hybridized carbons (Fsp3) is 0.0417. The van der Waals surface area contributed by atoms with Crippen LogP contribution in [0.5, 0.6) is 5.75 Å². The number of amides is 1. The van der Waals surface area contributed by atoms with Gasteiger partial charge < -0.3 is 5.11 Å². The lowest BCUT2D eigenvalue weighted by Crippen LogP contribution is -2.27. The van der Waals surface area contributed by atoms with E-state index in [-0.39, 0.29) is 27.6 Å². The summed E-state index contributed by atoms with van der Waals surface area (Å²) in [6.45, 7) is 1.53. The third-order valence-electron chi connectivity index (χ3n) is 4.93.